The van der Waals surface area contributed by atoms with E-state index >= 15 is 0 Å². The van der Waals surface area contributed by atoms with Crippen molar-refractivity contribution in [2.45, 2.75) is 110 Å². The zero-order chi connectivity index (χ0) is 24.0. The van der Waals surface area contributed by atoms with Gasteiger partial charge in [-0.1, -0.05) is 127 Å². The normalized spacial score (nSPS) is 16.1. The predicted octanol–water partition coefficient (Wildman–Crippen LogP) is 8.58. The van der Waals surface area contributed by atoms with Gasteiger partial charge in [-0.15, -0.1) is 0 Å². The van der Waals surface area contributed by atoms with Gasteiger partial charge in [-0.3, -0.25) is 0 Å². The summed E-state index contributed by atoms with van der Waals surface area (Å²) < 4.78 is 0. The zero-order valence-corrected chi connectivity index (χ0v) is 21.3. The van der Waals surface area contributed by atoms with Crippen LogP contribution in [0.3, 0.4) is 0 Å². The van der Waals surface area contributed by atoms with Gasteiger partial charge in [0.25, 0.3) is 0 Å². The number of para-hydroxylation sites is 2. The number of unbranched alkanes of at least 4 members (excludes halogenated alkanes) is 13. The summed E-state index contributed by atoms with van der Waals surface area (Å²) in [4.78, 5) is 2.26. The molecule has 0 fully saturated rings. The van der Waals surface area contributed by atoms with Gasteiger partial charge in [0.2, 0.25) is 0 Å². The van der Waals surface area contributed by atoms with Crippen molar-refractivity contribution in [3.63, 3.8) is 0 Å². The van der Waals surface area contributed by atoms with E-state index in [2.05, 4.69) is 30.0 Å². The first kappa shape index (κ1) is 26.6. The highest BCUT2D eigenvalue weighted by Gasteiger charge is 2.33. The summed E-state index contributed by atoms with van der Waals surface area (Å²) >= 11 is 0. The lowest BCUT2D eigenvalue weighted by Crippen LogP contribution is -2.44. The number of rotatable bonds is 16. The van der Waals surface area contributed by atoms with Crippen LogP contribution in [0.2, 0.25) is 0 Å². The average molecular weight is 467 g/mol. The van der Waals surface area contributed by atoms with Crippen LogP contribution in [0, 0.1) is 0 Å². The fourth-order valence-electron chi connectivity index (χ4n) is 5.23. The number of fused-ring (bicyclic) bond motifs is 1. The van der Waals surface area contributed by atoms with Gasteiger partial charge in [-0.05, 0) is 24.1 Å². The number of hydroxylamine groups is 2. The first-order valence-electron chi connectivity index (χ1n) is 13.8. The molecule has 0 saturated carbocycles. The Labute approximate surface area is 207 Å². The Morgan fingerprint density at radius 1 is 0.706 bits per heavy atom. The number of anilines is 1. The summed E-state index contributed by atoms with van der Waals surface area (Å²) in [6, 6.07) is 15.7. The number of hydrogen-bond donors (Lipinski definition) is 2. The molecule has 0 aliphatic carbocycles. The van der Waals surface area contributed by atoms with Crippen LogP contribution in [0.4, 0.5) is 5.69 Å². The lowest BCUT2D eigenvalue weighted by atomic mass is 10.0. The van der Waals surface area contributed by atoms with E-state index in [0.29, 0.717) is 6.54 Å². The van der Waals surface area contributed by atoms with Crippen LogP contribution in [0.25, 0.3) is 0 Å². The maximum atomic E-state index is 10.9. The molecule has 0 radical (unpaired) electrons. The van der Waals surface area contributed by atoms with Crippen molar-refractivity contribution in [2.75, 3.05) is 11.4 Å². The average Bonchev–Trinajstić information content (AvgIpc) is 2.84. The number of benzene rings is 2. The van der Waals surface area contributed by atoms with E-state index in [-0.39, 0.29) is 11.9 Å². The molecule has 1 heterocycles. The lowest BCUT2D eigenvalue weighted by Gasteiger charge is -2.43. The molecule has 0 saturated heterocycles. The highest BCUT2D eigenvalue weighted by atomic mass is 16.5. The van der Waals surface area contributed by atoms with Crippen LogP contribution in [0.15, 0.2) is 48.5 Å². The molecule has 1 atom stereocenters. The molecule has 188 valence electrons. The van der Waals surface area contributed by atoms with E-state index in [9.17, 15) is 10.3 Å². The summed E-state index contributed by atoms with van der Waals surface area (Å²) in [6.07, 6.45) is 18.5. The Morgan fingerprint density at radius 2 is 1.24 bits per heavy atom. The Morgan fingerprint density at radius 3 is 1.85 bits per heavy atom. The third-order valence-electron chi connectivity index (χ3n) is 7.18. The van der Waals surface area contributed by atoms with Crippen molar-refractivity contribution in [1.82, 2.24) is 5.06 Å². The Kier molecular flexibility index (Phi) is 11.8. The predicted molar refractivity (Wildman–Crippen MR) is 142 cm³/mol. The largest absolute Gasteiger partial charge is 0.508 e. The summed E-state index contributed by atoms with van der Waals surface area (Å²) in [5.41, 5.74) is 3.04. The van der Waals surface area contributed by atoms with Crippen molar-refractivity contribution in [3.05, 3.63) is 59.7 Å². The smallest absolute Gasteiger partial charge is 0.135 e. The molecule has 0 aromatic heterocycles. The van der Waals surface area contributed by atoms with Crippen molar-refractivity contribution in [2.24, 2.45) is 0 Å². The molecule has 0 spiro atoms. The van der Waals surface area contributed by atoms with Crippen LogP contribution in [-0.2, 0) is 6.54 Å². The summed E-state index contributed by atoms with van der Waals surface area (Å²) in [5, 5.41) is 22.7. The second-order valence-corrected chi connectivity index (χ2v) is 9.95. The minimum absolute atomic E-state index is 0.233. The van der Waals surface area contributed by atoms with Gasteiger partial charge < -0.3 is 15.2 Å². The van der Waals surface area contributed by atoms with Crippen LogP contribution in [-0.4, -0.2) is 21.9 Å². The van der Waals surface area contributed by atoms with E-state index in [1.54, 1.807) is 6.07 Å². The molecule has 2 aromatic rings. The van der Waals surface area contributed by atoms with Gasteiger partial charge in [0, 0.05) is 17.8 Å². The SMILES string of the molecule is CCCCCCCCCCCCCCCCN1c2ccccc2CN(O)C1c1ccccc1O. The molecule has 1 unspecified atom stereocenters. The van der Waals surface area contributed by atoms with E-state index in [0.717, 1.165) is 29.8 Å². The lowest BCUT2D eigenvalue weighted by molar-refractivity contribution is -0.142. The van der Waals surface area contributed by atoms with E-state index in [1.165, 1.54) is 88.5 Å². The zero-order valence-electron chi connectivity index (χ0n) is 21.3. The van der Waals surface area contributed by atoms with Gasteiger partial charge in [0.1, 0.15) is 11.9 Å². The van der Waals surface area contributed by atoms with Gasteiger partial charge >= 0.3 is 0 Å². The molecular formula is C30H46N2O2. The Balaban J connectivity index is 1.39. The summed E-state index contributed by atoms with van der Waals surface area (Å²) in [7, 11) is 0. The van der Waals surface area contributed by atoms with Gasteiger partial charge in [-0.25, -0.2) is 0 Å². The van der Waals surface area contributed by atoms with Crippen LogP contribution >= 0.6 is 0 Å². The maximum Gasteiger partial charge on any atom is 0.135 e. The topological polar surface area (TPSA) is 46.9 Å². The molecule has 3 rings (SSSR count). The van der Waals surface area contributed by atoms with Crippen molar-refractivity contribution in [3.8, 4) is 5.75 Å². The second-order valence-electron chi connectivity index (χ2n) is 9.95. The monoisotopic (exact) mass is 466 g/mol. The third kappa shape index (κ3) is 8.02. The Bertz CT molecular complexity index is 825. The van der Waals surface area contributed by atoms with Gasteiger partial charge in [-0.2, -0.15) is 5.06 Å². The van der Waals surface area contributed by atoms with Gasteiger partial charge in [0.15, 0.2) is 0 Å². The molecule has 0 bridgehead atoms. The number of aromatic hydroxyl groups is 1. The minimum atomic E-state index is -0.363. The summed E-state index contributed by atoms with van der Waals surface area (Å²) in [6.45, 7) is 3.61. The van der Waals surface area contributed by atoms with Crippen LogP contribution < -0.4 is 4.90 Å². The fourth-order valence-corrected chi connectivity index (χ4v) is 5.23. The highest BCUT2D eigenvalue weighted by molar-refractivity contribution is 5.58. The summed E-state index contributed by atoms with van der Waals surface area (Å²) in [5.74, 6) is 0.233. The first-order valence-corrected chi connectivity index (χ1v) is 13.8. The first-order chi connectivity index (χ1) is 16.7. The van der Waals surface area contributed by atoms with Crippen molar-refractivity contribution < 1.29 is 10.3 Å². The molecule has 2 N–H and O–H groups in total. The maximum absolute atomic E-state index is 10.9. The number of phenolic OH excluding ortho intramolecular Hbond substituents is 1. The van der Waals surface area contributed by atoms with Crippen LogP contribution in [0.5, 0.6) is 5.75 Å². The minimum Gasteiger partial charge on any atom is -0.508 e. The molecule has 2 aromatic carbocycles. The molecule has 34 heavy (non-hydrogen) atoms. The number of nitrogens with zero attached hydrogens (tertiary/aromatic N) is 2. The molecule has 1 aliphatic rings. The highest BCUT2D eigenvalue weighted by Crippen LogP contribution is 2.40. The quantitative estimate of drug-likeness (QED) is 0.243. The number of phenols is 1. The Hall–Kier alpha value is -2.04. The van der Waals surface area contributed by atoms with Gasteiger partial charge in [0.05, 0.1) is 6.54 Å². The van der Waals surface area contributed by atoms with E-state index < -0.39 is 0 Å². The number of hydrogen-bond acceptors (Lipinski definition) is 4. The molecule has 1 aliphatic heterocycles. The molecule has 4 nitrogen and oxygen atoms in total. The third-order valence-corrected chi connectivity index (χ3v) is 7.18. The van der Waals surface area contributed by atoms with Crippen LogP contribution in [0.1, 0.15) is 114 Å². The molecule has 4 heteroatoms. The van der Waals surface area contributed by atoms with E-state index in [1.807, 2.05) is 24.3 Å². The standard InChI is InChI=1S/C30H46N2O2/c1-2-3-4-5-6-7-8-9-10-11-12-13-14-19-24-31-28-22-17-15-20-26(28)25-32(34)30(31)27-21-16-18-23-29(27)33/h15-18,20-23,30,33-34H,2-14,19,24-25H2,1H3. The fraction of sp³-hybridized carbons (Fsp3) is 0.600. The van der Waals surface area contributed by atoms with Crippen molar-refractivity contribution in [1.29, 1.82) is 0 Å². The van der Waals surface area contributed by atoms with Crippen molar-refractivity contribution >= 4 is 5.69 Å². The second kappa shape index (κ2) is 15.1. The molecule has 0 amide bonds. The molecular weight excluding hydrogens is 420 g/mol. The van der Waals surface area contributed by atoms with E-state index in [4.69, 9.17) is 0 Å².